The van der Waals surface area contributed by atoms with E-state index in [1.807, 2.05) is 0 Å². The van der Waals surface area contributed by atoms with Crippen LogP contribution in [0.3, 0.4) is 0 Å². The first kappa shape index (κ1) is 11.6. The Balaban J connectivity index is 2.92. The van der Waals surface area contributed by atoms with E-state index < -0.39 is 18.4 Å². The molecule has 5 heteroatoms. The van der Waals surface area contributed by atoms with Gasteiger partial charge in [-0.15, -0.1) is 0 Å². The van der Waals surface area contributed by atoms with Crippen molar-refractivity contribution in [2.45, 2.75) is 12.5 Å². The lowest BCUT2D eigenvalue weighted by atomic mass is 10.0. The molecule has 0 spiro atoms. The van der Waals surface area contributed by atoms with Crippen molar-refractivity contribution in [3.05, 3.63) is 35.4 Å². The van der Waals surface area contributed by atoms with E-state index in [2.05, 4.69) is 5.32 Å². The lowest BCUT2D eigenvalue weighted by molar-refractivity contribution is -0.120. The molecule has 82 valence electrons. The predicted molar refractivity (Wildman–Crippen MR) is 52.4 cm³/mol. The number of hydrogen-bond donors (Lipinski definition) is 2. The van der Waals surface area contributed by atoms with Crippen molar-refractivity contribution < 1.29 is 13.6 Å². The molecule has 0 radical (unpaired) electrons. The van der Waals surface area contributed by atoms with Crippen LogP contribution in [0.25, 0.3) is 0 Å². The fourth-order valence-corrected chi connectivity index (χ4v) is 1.31. The first-order valence-electron chi connectivity index (χ1n) is 4.41. The second-order valence-corrected chi connectivity index (χ2v) is 3.09. The van der Waals surface area contributed by atoms with E-state index in [4.69, 9.17) is 5.73 Å². The minimum absolute atomic E-state index is 0.0712. The second kappa shape index (κ2) is 4.84. The van der Waals surface area contributed by atoms with E-state index >= 15 is 0 Å². The van der Waals surface area contributed by atoms with E-state index in [-0.39, 0.29) is 5.56 Å². The van der Waals surface area contributed by atoms with Crippen LogP contribution in [-0.2, 0) is 4.79 Å². The zero-order chi connectivity index (χ0) is 11.4. The number of nitrogens with two attached hydrogens (primary N) is 1. The van der Waals surface area contributed by atoms with Crippen LogP contribution in [0.5, 0.6) is 0 Å². The summed E-state index contributed by atoms with van der Waals surface area (Å²) in [6.07, 6.45) is -2.50. The number of primary amides is 1. The Kier molecular flexibility index (Phi) is 3.74. The average Bonchev–Trinajstić information content (AvgIpc) is 2.19. The lowest BCUT2D eigenvalue weighted by Gasteiger charge is -2.12. The number of amides is 1. The molecule has 1 rings (SSSR count). The number of alkyl halides is 2. The van der Waals surface area contributed by atoms with Gasteiger partial charge in [-0.3, -0.25) is 4.79 Å². The summed E-state index contributed by atoms with van der Waals surface area (Å²) in [5.41, 5.74) is 5.63. The number of carbonyl (C=O) groups excluding carboxylic acids is 1. The van der Waals surface area contributed by atoms with Crippen LogP contribution in [0.15, 0.2) is 24.3 Å². The van der Waals surface area contributed by atoms with Crippen molar-refractivity contribution >= 4 is 5.91 Å². The molecule has 0 aliphatic carbocycles. The van der Waals surface area contributed by atoms with Gasteiger partial charge in [0.05, 0.1) is 0 Å². The Labute approximate surface area is 86.3 Å². The van der Waals surface area contributed by atoms with Crippen LogP contribution in [-0.4, -0.2) is 13.0 Å². The summed E-state index contributed by atoms with van der Waals surface area (Å²) in [6, 6.07) is 4.86. The summed E-state index contributed by atoms with van der Waals surface area (Å²) in [4.78, 5) is 11.0. The molecule has 15 heavy (non-hydrogen) atoms. The minimum Gasteiger partial charge on any atom is -0.368 e. The standard InChI is InChI=1S/C10H12F2N2O/c1-14-8(10(13)15)6-2-4-7(5-3-6)9(11)12/h2-5,8-9,14H,1H3,(H2,13,15). The van der Waals surface area contributed by atoms with Gasteiger partial charge in [0.15, 0.2) is 0 Å². The molecule has 0 saturated carbocycles. The molecule has 3 nitrogen and oxygen atoms in total. The van der Waals surface area contributed by atoms with Gasteiger partial charge in [0.25, 0.3) is 6.43 Å². The number of benzene rings is 1. The summed E-state index contributed by atoms with van der Waals surface area (Å²) in [7, 11) is 1.58. The smallest absolute Gasteiger partial charge is 0.263 e. The van der Waals surface area contributed by atoms with Crippen molar-refractivity contribution in [3.63, 3.8) is 0 Å². The van der Waals surface area contributed by atoms with Crippen molar-refractivity contribution in [3.8, 4) is 0 Å². The van der Waals surface area contributed by atoms with E-state index in [9.17, 15) is 13.6 Å². The Morgan fingerprint density at radius 2 is 1.73 bits per heavy atom. The van der Waals surface area contributed by atoms with Gasteiger partial charge in [0.2, 0.25) is 5.91 Å². The highest BCUT2D eigenvalue weighted by atomic mass is 19.3. The third kappa shape index (κ3) is 2.73. The molecule has 1 amide bonds. The number of likely N-dealkylation sites (N-methyl/N-ethyl adjacent to an activating group) is 1. The molecule has 0 aliphatic rings. The van der Waals surface area contributed by atoms with Crippen LogP contribution in [0.4, 0.5) is 8.78 Å². The molecule has 1 aromatic carbocycles. The maximum absolute atomic E-state index is 12.2. The van der Waals surface area contributed by atoms with Crippen LogP contribution in [0.1, 0.15) is 23.6 Å². The molecule has 0 aliphatic heterocycles. The monoisotopic (exact) mass is 214 g/mol. The van der Waals surface area contributed by atoms with Crippen LogP contribution < -0.4 is 11.1 Å². The zero-order valence-electron chi connectivity index (χ0n) is 8.21. The number of nitrogens with one attached hydrogen (secondary N) is 1. The topological polar surface area (TPSA) is 55.1 Å². The molecule has 0 aromatic heterocycles. The quantitative estimate of drug-likeness (QED) is 0.795. The Morgan fingerprint density at radius 3 is 2.07 bits per heavy atom. The van der Waals surface area contributed by atoms with Crippen molar-refractivity contribution in [1.82, 2.24) is 5.32 Å². The Hall–Kier alpha value is -1.49. The van der Waals surface area contributed by atoms with Crippen molar-refractivity contribution in [2.75, 3.05) is 7.05 Å². The molecule has 1 atom stereocenters. The van der Waals surface area contributed by atoms with E-state index in [0.717, 1.165) is 0 Å². The molecule has 0 saturated heterocycles. The number of rotatable bonds is 4. The summed E-state index contributed by atoms with van der Waals surface area (Å²) in [5.74, 6) is -0.540. The van der Waals surface area contributed by atoms with Gasteiger partial charge in [-0.2, -0.15) is 0 Å². The lowest BCUT2D eigenvalue weighted by Crippen LogP contribution is -2.31. The predicted octanol–water partition coefficient (Wildman–Crippen LogP) is 1.37. The maximum Gasteiger partial charge on any atom is 0.263 e. The molecular formula is C10H12F2N2O. The third-order valence-corrected chi connectivity index (χ3v) is 2.09. The molecule has 1 unspecified atom stereocenters. The van der Waals surface area contributed by atoms with Gasteiger partial charge in [-0.1, -0.05) is 24.3 Å². The van der Waals surface area contributed by atoms with E-state index in [1.165, 1.54) is 24.3 Å². The first-order chi connectivity index (χ1) is 7.06. The third-order valence-electron chi connectivity index (χ3n) is 2.09. The minimum atomic E-state index is -2.50. The van der Waals surface area contributed by atoms with E-state index in [1.54, 1.807) is 7.05 Å². The first-order valence-corrected chi connectivity index (χ1v) is 4.41. The highest BCUT2D eigenvalue weighted by molar-refractivity contribution is 5.81. The summed E-state index contributed by atoms with van der Waals surface area (Å²) >= 11 is 0. The molecule has 0 heterocycles. The fourth-order valence-electron chi connectivity index (χ4n) is 1.31. The molecule has 1 aromatic rings. The van der Waals surface area contributed by atoms with E-state index in [0.29, 0.717) is 5.56 Å². The Morgan fingerprint density at radius 1 is 1.27 bits per heavy atom. The second-order valence-electron chi connectivity index (χ2n) is 3.09. The van der Waals surface area contributed by atoms with Gasteiger partial charge in [0, 0.05) is 5.56 Å². The number of hydrogen-bond acceptors (Lipinski definition) is 2. The van der Waals surface area contributed by atoms with Crippen molar-refractivity contribution in [2.24, 2.45) is 5.73 Å². The van der Waals surface area contributed by atoms with Crippen molar-refractivity contribution in [1.29, 1.82) is 0 Å². The van der Waals surface area contributed by atoms with Crippen LogP contribution in [0.2, 0.25) is 0 Å². The molecular weight excluding hydrogens is 202 g/mol. The highest BCUT2D eigenvalue weighted by Crippen LogP contribution is 2.21. The molecule has 3 N–H and O–H groups in total. The van der Waals surface area contributed by atoms with Gasteiger partial charge < -0.3 is 11.1 Å². The zero-order valence-corrected chi connectivity index (χ0v) is 8.21. The number of carbonyl (C=O) groups is 1. The van der Waals surface area contributed by atoms with Gasteiger partial charge in [-0.25, -0.2) is 8.78 Å². The molecule has 0 bridgehead atoms. The maximum atomic E-state index is 12.2. The summed E-state index contributed by atoms with van der Waals surface area (Å²) in [6.45, 7) is 0. The van der Waals surface area contributed by atoms with Crippen LogP contribution >= 0.6 is 0 Å². The normalized spacial score (nSPS) is 12.8. The largest absolute Gasteiger partial charge is 0.368 e. The summed E-state index contributed by atoms with van der Waals surface area (Å²) < 4.78 is 24.5. The fraction of sp³-hybridized carbons (Fsp3) is 0.300. The van der Waals surface area contributed by atoms with Gasteiger partial charge in [0.1, 0.15) is 6.04 Å². The highest BCUT2D eigenvalue weighted by Gasteiger charge is 2.15. The summed E-state index contributed by atoms with van der Waals surface area (Å²) in [5, 5.41) is 2.70. The SMILES string of the molecule is CNC(C(N)=O)c1ccc(C(F)F)cc1. The Bertz CT molecular complexity index is 338. The molecule has 0 fully saturated rings. The number of halogens is 2. The average molecular weight is 214 g/mol. The van der Waals surface area contributed by atoms with Gasteiger partial charge >= 0.3 is 0 Å². The van der Waals surface area contributed by atoms with Gasteiger partial charge in [-0.05, 0) is 12.6 Å². The van der Waals surface area contributed by atoms with Crippen LogP contribution in [0, 0.1) is 0 Å².